The number of fused-ring (bicyclic) bond motifs is 1. The van der Waals surface area contributed by atoms with Crippen LogP contribution >= 0.6 is 11.8 Å². The van der Waals surface area contributed by atoms with Gasteiger partial charge in [0.25, 0.3) is 5.56 Å². The van der Waals surface area contributed by atoms with Crippen LogP contribution in [-0.4, -0.2) is 29.3 Å². The second kappa shape index (κ2) is 8.17. The minimum absolute atomic E-state index is 0.110. The highest BCUT2D eigenvalue weighted by atomic mass is 32.2. The highest BCUT2D eigenvalue weighted by Gasteiger charge is 2.33. The molecule has 0 aromatic carbocycles. The van der Waals surface area contributed by atoms with Crippen LogP contribution in [0.5, 0.6) is 0 Å². The van der Waals surface area contributed by atoms with E-state index in [1.54, 1.807) is 0 Å². The Hall–Kier alpha value is -2.76. The average Bonchev–Trinajstić information content (AvgIpc) is 2.68. The van der Waals surface area contributed by atoms with E-state index in [1.165, 1.54) is 11.6 Å². The molecule has 0 fully saturated rings. The number of hydrogen-bond donors (Lipinski definition) is 0. The highest BCUT2D eigenvalue weighted by Crippen LogP contribution is 2.32. The molecule has 0 saturated heterocycles. The van der Waals surface area contributed by atoms with Crippen molar-refractivity contribution in [2.24, 2.45) is 7.05 Å². The van der Waals surface area contributed by atoms with Crippen LogP contribution in [0.15, 0.2) is 31.8 Å². The Labute approximate surface area is 173 Å². The van der Waals surface area contributed by atoms with Crippen molar-refractivity contribution in [3.05, 3.63) is 44.5 Å². The van der Waals surface area contributed by atoms with Gasteiger partial charge >= 0.3 is 11.9 Å². The molecule has 3 aromatic heterocycles. The Morgan fingerprint density at radius 3 is 2.37 bits per heavy atom. The lowest BCUT2D eigenvalue weighted by molar-refractivity contribution is -0.141. The van der Waals surface area contributed by atoms with Gasteiger partial charge in [-0.05, 0) is 30.3 Å². The molecule has 0 aliphatic rings. The second-order valence-corrected chi connectivity index (χ2v) is 7.90. The summed E-state index contributed by atoms with van der Waals surface area (Å²) in [5.74, 6) is 0.295. The van der Waals surface area contributed by atoms with Gasteiger partial charge < -0.3 is 0 Å². The van der Waals surface area contributed by atoms with Crippen LogP contribution in [0.25, 0.3) is 11.0 Å². The fourth-order valence-electron chi connectivity index (χ4n) is 2.74. The molecular formula is C18H19F3N6O2S. The molecule has 0 spiro atoms. The van der Waals surface area contributed by atoms with Crippen LogP contribution < -0.4 is 11.2 Å². The molecule has 8 nitrogen and oxygen atoms in total. The van der Waals surface area contributed by atoms with Crippen molar-refractivity contribution in [3.8, 4) is 0 Å². The standard InChI is InChI=1S/C18H19F3N6O2S/c1-5-8-27-14-12(16(28)26(4)17(27)29)15(23-13(22-14)9(2)3)30-11-7-6-10(24-25-11)18(19,20)21/h6-7,9H,5,8H2,1-4H3. The predicted molar refractivity (Wildman–Crippen MR) is 105 cm³/mol. The van der Waals surface area contributed by atoms with Crippen LogP contribution in [0.3, 0.4) is 0 Å². The van der Waals surface area contributed by atoms with Gasteiger partial charge in [0.15, 0.2) is 11.3 Å². The van der Waals surface area contributed by atoms with Crippen LogP contribution in [-0.2, 0) is 19.8 Å². The fourth-order valence-corrected chi connectivity index (χ4v) is 3.57. The predicted octanol–water partition coefficient (Wildman–Crippen LogP) is 2.98. The molecule has 30 heavy (non-hydrogen) atoms. The molecule has 0 radical (unpaired) electrons. The topological polar surface area (TPSA) is 95.6 Å². The first-order valence-corrected chi connectivity index (χ1v) is 9.96. The average molecular weight is 440 g/mol. The van der Waals surface area contributed by atoms with Crippen molar-refractivity contribution < 1.29 is 13.2 Å². The molecule has 3 aromatic rings. The van der Waals surface area contributed by atoms with E-state index in [0.717, 1.165) is 28.5 Å². The molecule has 0 atom stereocenters. The van der Waals surface area contributed by atoms with E-state index in [4.69, 9.17) is 0 Å². The smallest absolute Gasteiger partial charge is 0.277 e. The van der Waals surface area contributed by atoms with Gasteiger partial charge in [0.2, 0.25) is 0 Å². The third-order valence-corrected chi connectivity index (χ3v) is 5.18. The van der Waals surface area contributed by atoms with Crippen molar-refractivity contribution in [2.45, 2.75) is 55.9 Å². The number of halogens is 3. The molecule has 0 aliphatic heterocycles. The Kier molecular flexibility index (Phi) is 5.97. The number of aryl methyl sites for hydroxylation is 1. The molecular weight excluding hydrogens is 421 g/mol. The second-order valence-electron chi connectivity index (χ2n) is 6.90. The van der Waals surface area contributed by atoms with Gasteiger partial charge in [-0.1, -0.05) is 20.8 Å². The van der Waals surface area contributed by atoms with Gasteiger partial charge in [0.05, 0.1) is 0 Å². The van der Waals surface area contributed by atoms with Crippen molar-refractivity contribution in [1.29, 1.82) is 0 Å². The quantitative estimate of drug-likeness (QED) is 0.563. The SMILES string of the molecule is CCCn1c(=O)n(C)c(=O)c2c(Sc3ccc(C(F)(F)F)nn3)nc(C(C)C)nc21. The fraction of sp³-hybridized carbons (Fsp3) is 0.444. The Morgan fingerprint density at radius 1 is 1.13 bits per heavy atom. The summed E-state index contributed by atoms with van der Waals surface area (Å²) in [6, 6.07) is 1.98. The molecule has 3 heterocycles. The summed E-state index contributed by atoms with van der Waals surface area (Å²) >= 11 is 0.903. The first-order valence-electron chi connectivity index (χ1n) is 9.14. The maximum atomic E-state index is 12.9. The van der Waals surface area contributed by atoms with Gasteiger partial charge in [0.1, 0.15) is 21.3 Å². The lowest BCUT2D eigenvalue weighted by Crippen LogP contribution is -2.39. The summed E-state index contributed by atoms with van der Waals surface area (Å²) in [5, 5.41) is 7.27. The zero-order valence-electron chi connectivity index (χ0n) is 16.7. The maximum Gasteiger partial charge on any atom is 0.435 e. The first kappa shape index (κ1) is 21.9. The van der Waals surface area contributed by atoms with Crippen molar-refractivity contribution >= 4 is 22.8 Å². The molecule has 0 aliphatic carbocycles. The normalized spacial score (nSPS) is 12.1. The third-order valence-electron chi connectivity index (χ3n) is 4.26. The molecule has 12 heteroatoms. The zero-order valence-corrected chi connectivity index (χ0v) is 17.5. The summed E-state index contributed by atoms with van der Waals surface area (Å²) in [4.78, 5) is 34.3. The number of rotatable bonds is 5. The number of nitrogens with zero attached hydrogens (tertiary/aromatic N) is 6. The Bertz CT molecular complexity index is 1200. The minimum Gasteiger partial charge on any atom is -0.277 e. The van der Waals surface area contributed by atoms with Gasteiger partial charge in [-0.3, -0.25) is 13.9 Å². The summed E-state index contributed by atoms with van der Waals surface area (Å²) in [5.41, 5.74) is -1.99. The minimum atomic E-state index is -4.60. The lowest BCUT2D eigenvalue weighted by atomic mass is 10.2. The van der Waals surface area contributed by atoms with Crippen molar-refractivity contribution in [1.82, 2.24) is 29.3 Å². The van der Waals surface area contributed by atoms with Crippen LogP contribution in [0.1, 0.15) is 44.6 Å². The number of alkyl halides is 3. The lowest BCUT2D eigenvalue weighted by Gasteiger charge is -2.15. The third kappa shape index (κ3) is 4.09. The molecule has 0 unspecified atom stereocenters. The highest BCUT2D eigenvalue weighted by molar-refractivity contribution is 7.99. The van der Waals surface area contributed by atoms with Crippen LogP contribution in [0.4, 0.5) is 13.2 Å². The summed E-state index contributed by atoms with van der Waals surface area (Å²) < 4.78 is 40.6. The molecule has 160 valence electrons. The van der Waals surface area contributed by atoms with Gasteiger partial charge in [-0.25, -0.2) is 14.8 Å². The van der Waals surface area contributed by atoms with E-state index in [0.29, 0.717) is 18.8 Å². The van der Waals surface area contributed by atoms with Crippen molar-refractivity contribution in [3.63, 3.8) is 0 Å². The number of hydrogen-bond acceptors (Lipinski definition) is 7. The zero-order chi connectivity index (χ0) is 22.2. The van der Waals surface area contributed by atoms with Gasteiger partial charge in [0, 0.05) is 19.5 Å². The first-order chi connectivity index (χ1) is 14.0. The van der Waals surface area contributed by atoms with E-state index in [-0.39, 0.29) is 27.0 Å². The Balaban J connectivity index is 2.25. The van der Waals surface area contributed by atoms with E-state index in [9.17, 15) is 22.8 Å². The largest absolute Gasteiger partial charge is 0.435 e. The van der Waals surface area contributed by atoms with E-state index in [2.05, 4.69) is 20.2 Å². The number of aromatic nitrogens is 6. The van der Waals surface area contributed by atoms with E-state index in [1.807, 2.05) is 20.8 Å². The molecule has 0 amide bonds. The van der Waals surface area contributed by atoms with Gasteiger partial charge in [-0.2, -0.15) is 13.2 Å². The van der Waals surface area contributed by atoms with E-state index >= 15 is 0 Å². The maximum absolute atomic E-state index is 12.9. The summed E-state index contributed by atoms with van der Waals surface area (Å²) in [7, 11) is 1.36. The monoisotopic (exact) mass is 440 g/mol. The molecule has 3 rings (SSSR count). The van der Waals surface area contributed by atoms with E-state index < -0.39 is 23.1 Å². The van der Waals surface area contributed by atoms with Gasteiger partial charge in [-0.15, -0.1) is 10.2 Å². The molecule has 0 saturated carbocycles. The summed E-state index contributed by atoms with van der Waals surface area (Å²) in [6.45, 7) is 5.96. The Morgan fingerprint density at radius 2 is 1.83 bits per heavy atom. The van der Waals surface area contributed by atoms with Crippen molar-refractivity contribution in [2.75, 3.05) is 0 Å². The summed E-state index contributed by atoms with van der Waals surface area (Å²) in [6.07, 6.45) is -3.96. The van der Waals surface area contributed by atoms with Crippen LogP contribution in [0.2, 0.25) is 0 Å². The molecule has 0 bridgehead atoms. The van der Waals surface area contributed by atoms with Crippen LogP contribution in [0, 0.1) is 0 Å². The molecule has 0 N–H and O–H groups in total.